The number of ether oxygens (including phenoxy) is 1. The summed E-state index contributed by atoms with van der Waals surface area (Å²) in [6.45, 7) is 1.68. The minimum Gasteiger partial charge on any atom is -0.376 e. The molecule has 2 heterocycles. The number of halogens is 1. The van der Waals surface area contributed by atoms with Gasteiger partial charge in [-0.1, -0.05) is 88.7 Å². The van der Waals surface area contributed by atoms with Gasteiger partial charge in [-0.2, -0.15) is 0 Å². The fourth-order valence-corrected chi connectivity index (χ4v) is 6.73. The predicted octanol–water partition coefficient (Wildman–Crippen LogP) is 7.14. The molecule has 0 saturated heterocycles. The van der Waals surface area contributed by atoms with E-state index < -0.39 is 0 Å². The number of thioether (sulfide) groups is 4. The van der Waals surface area contributed by atoms with E-state index in [4.69, 9.17) is 4.74 Å². The normalized spacial score (nSPS) is 17.9. The second kappa shape index (κ2) is 11.6. The maximum Gasteiger partial charge on any atom is 0.0784 e. The Morgan fingerprint density at radius 3 is 2.33 bits per heavy atom. The second-order valence-corrected chi connectivity index (χ2v) is 9.91. The number of hydrogen-bond donors (Lipinski definition) is 0. The predicted molar refractivity (Wildman–Crippen MR) is 107 cm³/mol. The van der Waals surface area contributed by atoms with Crippen LogP contribution in [0.15, 0.2) is 29.6 Å². The van der Waals surface area contributed by atoms with Crippen molar-refractivity contribution in [3.05, 3.63) is 29.6 Å². The lowest BCUT2D eigenvalue weighted by Crippen LogP contribution is -1.97. The largest absolute Gasteiger partial charge is 0.376 e. The van der Waals surface area contributed by atoms with Crippen molar-refractivity contribution in [1.82, 2.24) is 0 Å². The molecule has 0 bridgehead atoms. The van der Waals surface area contributed by atoms with Gasteiger partial charge < -0.3 is 4.74 Å². The second-order valence-electron chi connectivity index (χ2n) is 4.75. The number of unbranched alkanes of at least 4 members (excludes halogenated alkanes) is 5. The molecule has 0 atom stereocenters. The highest BCUT2D eigenvalue weighted by atomic mass is 79.9. The Hall–Kier alpha value is 1.06. The van der Waals surface area contributed by atoms with Crippen molar-refractivity contribution < 1.29 is 4.74 Å². The molecule has 1 nitrogen and oxygen atoms in total. The van der Waals surface area contributed by atoms with Gasteiger partial charge >= 0.3 is 0 Å². The first-order chi connectivity index (χ1) is 10.4. The van der Waals surface area contributed by atoms with E-state index in [1.54, 1.807) is 0 Å². The van der Waals surface area contributed by atoms with Crippen molar-refractivity contribution in [3.8, 4) is 0 Å². The highest BCUT2D eigenvalue weighted by molar-refractivity contribution is 9.09. The first kappa shape index (κ1) is 18.4. The maximum absolute atomic E-state index is 5.79. The van der Waals surface area contributed by atoms with E-state index in [9.17, 15) is 0 Å². The smallest absolute Gasteiger partial charge is 0.0784 e. The topological polar surface area (TPSA) is 9.23 Å². The molecule has 2 aliphatic rings. The molecule has 0 aromatic rings. The summed E-state index contributed by atoms with van der Waals surface area (Å²) in [4.78, 5) is 1.35. The molecule has 0 saturated carbocycles. The summed E-state index contributed by atoms with van der Waals surface area (Å²) in [6, 6.07) is 0. The minimum atomic E-state index is 0.779. The van der Waals surface area contributed by atoms with Crippen LogP contribution in [0.2, 0.25) is 0 Å². The van der Waals surface area contributed by atoms with Gasteiger partial charge in [-0.3, -0.25) is 0 Å². The molecule has 118 valence electrons. The van der Waals surface area contributed by atoms with Gasteiger partial charge in [-0.05, 0) is 29.1 Å². The Bertz CT molecular complexity index is 396. The monoisotopic (exact) mass is 424 g/mol. The molecule has 2 aliphatic heterocycles. The van der Waals surface area contributed by atoms with Crippen LogP contribution in [0.25, 0.3) is 0 Å². The Morgan fingerprint density at radius 1 is 0.857 bits per heavy atom. The van der Waals surface area contributed by atoms with Gasteiger partial charge in [0, 0.05) is 16.8 Å². The summed E-state index contributed by atoms with van der Waals surface area (Å²) >= 11 is 10.8. The van der Waals surface area contributed by atoms with E-state index in [1.807, 2.05) is 47.0 Å². The third kappa shape index (κ3) is 7.44. The van der Waals surface area contributed by atoms with Crippen LogP contribution in [-0.4, -0.2) is 18.5 Å². The van der Waals surface area contributed by atoms with Gasteiger partial charge in [0.1, 0.15) is 0 Å². The summed E-state index contributed by atoms with van der Waals surface area (Å²) in [5, 5.41) is 7.69. The average molecular weight is 426 g/mol. The fourth-order valence-electron chi connectivity index (χ4n) is 1.92. The lowest BCUT2D eigenvalue weighted by atomic mass is 10.1. The van der Waals surface area contributed by atoms with Crippen LogP contribution in [0, 0.1) is 0 Å². The van der Waals surface area contributed by atoms with Crippen LogP contribution < -0.4 is 0 Å². The van der Waals surface area contributed by atoms with Crippen LogP contribution in [0.3, 0.4) is 0 Å². The number of rotatable bonds is 10. The van der Waals surface area contributed by atoms with Crippen molar-refractivity contribution in [1.29, 1.82) is 0 Å². The summed E-state index contributed by atoms with van der Waals surface area (Å²) in [6.07, 6.45) is 7.88. The van der Waals surface area contributed by atoms with Gasteiger partial charge in [-0.15, -0.1) is 0 Å². The molecular weight excluding hydrogens is 404 g/mol. The van der Waals surface area contributed by atoms with Gasteiger partial charge in [0.05, 0.1) is 15.1 Å². The Labute approximate surface area is 153 Å². The summed E-state index contributed by atoms with van der Waals surface area (Å²) in [5.74, 6) is 0. The van der Waals surface area contributed by atoms with Gasteiger partial charge in [0.15, 0.2) is 0 Å². The van der Waals surface area contributed by atoms with Crippen LogP contribution >= 0.6 is 63.0 Å². The summed E-state index contributed by atoms with van der Waals surface area (Å²) < 4.78 is 8.63. The third-order valence-electron chi connectivity index (χ3n) is 3.01. The van der Waals surface area contributed by atoms with Crippen LogP contribution in [0.4, 0.5) is 0 Å². The van der Waals surface area contributed by atoms with Crippen molar-refractivity contribution >= 4 is 63.0 Å². The molecule has 0 fully saturated rings. The molecule has 0 N–H and O–H groups in total. The molecule has 0 unspecified atom stereocenters. The van der Waals surface area contributed by atoms with E-state index in [2.05, 4.69) is 32.2 Å². The zero-order valence-electron chi connectivity index (χ0n) is 12.0. The standard InChI is InChI=1S/C15H21BrOS4/c16-7-5-3-1-2-4-6-8-17-11-13-12-20-15(21-13)14-18-9-10-19-14/h9-10,12H,1-8,11H2. The number of alkyl halides is 1. The quantitative estimate of drug-likeness (QED) is 0.271. The van der Waals surface area contributed by atoms with Gasteiger partial charge in [-0.25, -0.2) is 0 Å². The molecule has 21 heavy (non-hydrogen) atoms. The van der Waals surface area contributed by atoms with E-state index in [-0.39, 0.29) is 0 Å². The van der Waals surface area contributed by atoms with Crippen molar-refractivity contribution in [3.63, 3.8) is 0 Å². The van der Waals surface area contributed by atoms with Gasteiger partial charge in [0.2, 0.25) is 0 Å². The molecule has 0 aromatic heterocycles. The lowest BCUT2D eigenvalue weighted by Gasteiger charge is -2.05. The van der Waals surface area contributed by atoms with Crippen molar-refractivity contribution in [2.24, 2.45) is 0 Å². The molecule has 0 aromatic carbocycles. The summed E-state index contributed by atoms with van der Waals surface area (Å²) in [7, 11) is 0. The average Bonchev–Trinajstić information content (AvgIpc) is 3.16. The zero-order valence-corrected chi connectivity index (χ0v) is 16.9. The fraction of sp³-hybridized carbons (Fsp3) is 0.600. The molecule has 0 aliphatic carbocycles. The maximum atomic E-state index is 5.79. The lowest BCUT2D eigenvalue weighted by molar-refractivity contribution is 0.155. The van der Waals surface area contributed by atoms with Crippen molar-refractivity contribution in [2.45, 2.75) is 38.5 Å². The Balaban J connectivity index is 1.46. The van der Waals surface area contributed by atoms with Crippen LogP contribution in [0.1, 0.15) is 38.5 Å². The molecule has 0 spiro atoms. The SMILES string of the molecule is BrCCCCCCCCOCC1=CSC(=C2SC=CS2)S1. The zero-order chi connectivity index (χ0) is 14.8. The van der Waals surface area contributed by atoms with Crippen LogP contribution in [-0.2, 0) is 4.74 Å². The molecule has 6 heteroatoms. The molecular formula is C15H21BrOS4. The molecule has 0 radical (unpaired) electrons. The summed E-state index contributed by atoms with van der Waals surface area (Å²) in [5.41, 5.74) is 0. The van der Waals surface area contributed by atoms with Crippen molar-refractivity contribution in [2.75, 3.05) is 18.5 Å². The van der Waals surface area contributed by atoms with E-state index >= 15 is 0 Å². The van der Waals surface area contributed by atoms with Crippen LogP contribution in [0.5, 0.6) is 0 Å². The third-order valence-corrected chi connectivity index (χ3v) is 8.61. The van der Waals surface area contributed by atoms with E-state index in [0.717, 1.165) is 18.5 Å². The first-order valence-electron chi connectivity index (χ1n) is 7.30. The molecule has 2 rings (SSSR count). The Morgan fingerprint density at radius 2 is 1.57 bits per heavy atom. The highest BCUT2D eigenvalue weighted by Gasteiger charge is 2.18. The Kier molecular flexibility index (Phi) is 10.1. The number of hydrogen-bond acceptors (Lipinski definition) is 5. The van der Waals surface area contributed by atoms with Gasteiger partial charge in [0.25, 0.3) is 0 Å². The minimum absolute atomic E-state index is 0.779. The highest BCUT2D eigenvalue weighted by Crippen LogP contribution is 2.53. The first-order valence-corrected chi connectivity index (χ1v) is 11.9. The van der Waals surface area contributed by atoms with E-state index in [0.29, 0.717) is 0 Å². The molecule has 0 amide bonds. The van der Waals surface area contributed by atoms with E-state index in [1.165, 1.54) is 51.9 Å².